The molecule has 1 aliphatic heterocycles. The number of hydrogen-bond donors (Lipinski definition) is 1. The van der Waals surface area contributed by atoms with Crippen molar-refractivity contribution in [3.05, 3.63) is 29.6 Å². The van der Waals surface area contributed by atoms with Crippen molar-refractivity contribution >= 4 is 5.91 Å². The molecule has 1 aliphatic rings. The van der Waals surface area contributed by atoms with E-state index >= 15 is 0 Å². The lowest BCUT2D eigenvalue weighted by Gasteiger charge is -2.31. The Hall–Kier alpha value is -2.22. The van der Waals surface area contributed by atoms with E-state index in [2.05, 4.69) is 20.3 Å². The second kappa shape index (κ2) is 6.27. The summed E-state index contributed by atoms with van der Waals surface area (Å²) in [6.45, 7) is 3.59. The Morgan fingerprint density at radius 3 is 3.09 bits per heavy atom. The molecule has 1 N–H and O–H groups in total. The number of carbonyl (C=O) groups is 1. The number of nitrogens with one attached hydrogen (secondary N) is 1. The van der Waals surface area contributed by atoms with Crippen LogP contribution in [0, 0.1) is 0 Å². The maximum atomic E-state index is 12.4. The van der Waals surface area contributed by atoms with Crippen molar-refractivity contribution in [1.82, 2.24) is 29.9 Å². The Bertz CT molecular complexity index is 649. The molecule has 0 aliphatic carbocycles. The molecular formula is C14H20N6O2. The van der Waals surface area contributed by atoms with Gasteiger partial charge in [-0.15, -0.1) is 0 Å². The molecular weight excluding hydrogens is 284 g/mol. The van der Waals surface area contributed by atoms with E-state index in [1.165, 1.54) is 0 Å². The highest BCUT2D eigenvalue weighted by Gasteiger charge is 2.28. The van der Waals surface area contributed by atoms with Crippen LogP contribution in [0.25, 0.3) is 0 Å². The first-order valence-electron chi connectivity index (χ1n) is 7.43. The number of morpholine rings is 1. The number of carbonyl (C=O) groups excluding carboxylic acids is 1. The summed E-state index contributed by atoms with van der Waals surface area (Å²) < 4.78 is 7.40. The number of rotatable bonds is 4. The Morgan fingerprint density at radius 1 is 1.55 bits per heavy atom. The van der Waals surface area contributed by atoms with Crippen LogP contribution in [0.15, 0.2) is 12.4 Å². The van der Waals surface area contributed by atoms with Crippen molar-refractivity contribution in [3.63, 3.8) is 0 Å². The van der Waals surface area contributed by atoms with E-state index in [1.807, 2.05) is 25.1 Å². The van der Waals surface area contributed by atoms with Gasteiger partial charge in [0.25, 0.3) is 0 Å². The largest absolute Gasteiger partial charge is 0.366 e. The van der Waals surface area contributed by atoms with Crippen LogP contribution in [0.5, 0.6) is 0 Å². The summed E-state index contributed by atoms with van der Waals surface area (Å²) >= 11 is 0. The summed E-state index contributed by atoms with van der Waals surface area (Å²) in [5.74, 6) is 1.53. The van der Waals surface area contributed by atoms with Gasteiger partial charge < -0.3 is 9.64 Å². The van der Waals surface area contributed by atoms with Crippen LogP contribution in [0.2, 0.25) is 0 Å². The van der Waals surface area contributed by atoms with Crippen LogP contribution < -0.4 is 0 Å². The molecule has 3 heterocycles. The van der Waals surface area contributed by atoms with Crippen LogP contribution in [-0.2, 0) is 29.4 Å². The van der Waals surface area contributed by atoms with Crippen LogP contribution in [0.1, 0.15) is 30.2 Å². The normalized spacial score (nSPS) is 18.6. The van der Waals surface area contributed by atoms with E-state index in [9.17, 15) is 4.79 Å². The molecule has 1 fully saturated rings. The van der Waals surface area contributed by atoms with Gasteiger partial charge in [0.1, 0.15) is 11.9 Å². The number of aryl methyl sites for hydroxylation is 2. The van der Waals surface area contributed by atoms with E-state index in [-0.39, 0.29) is 12.0 Å². The SMILES string of the molecule is CCc1nc([C@H]2CN(C(=O)Cc3cnn(C)c3)CCO2)n[nH]1. The van der Waals surface area contributed by atoms with Gasteiger partial charge in [0.05, 0.1) is 25.8 Å². The standard InChI is InChI=1S/C14H20N6O2/c1-3-12-16-14(18-17-12)11-9-20(4-5-22-11)13(21)6-10-7-15-19(2)8-10/h7-8,11H,3-6,9H2,1-2H3,(H,16,17,18)/t11-/m1/s1. The molecule has 0 spiro atoms. The summed E-state index contributed by atoms with van der Waals surface area (Å²) in [6.07, 6.45) is 4.47. The van der Waals surface area contributed by atoms with Gasteiger partial charge in [0, 0.05) is 26.2 Å². The minimum atomic E-state index is -0.261. The predicted octanol–water partition coefficient (Wildman–Crippen LogP) is 0.243. The Morgan fingerprint density at radius 2 is 2.41 bits per heavy atom. The topological polar surface area (TPSA) is 88.9 Å². The van der Waals surface area contributed by atoms with Crippen molar-refractivity contribution in [2.24, 2.45) is 7.05 Å². The van der Waals surface area contributed by atoms with E-state index in [4.69, 9.17) is 4.74 Å². The quantitative estimate of drug-likeness (QED) is 0.874. The number of nitrogens with zero attached hydrogens (tertiary/aromatic N) is 5. The molecule has 118 valence electrons. The Kier molecular flexibility index (Phi) is 4.19. The first-order chi connectivity index (χ1) is 10.7. The third-order valence-electron chi connectivity index (χ3n) is 3.70. The number of ether oxygens (including phenoxy) is 1. The van der Waals surface area contributed by atoms with Gasteiger partial charge in [-0.05, 0) is 5.56 Å². The van der Waals surface area contributed by atoms with Crippen LogP contribution >= 0.6 is 0 Å². The summed E-state index contributed by atoms with van der Waals surface area (Å²) in [5, 5.41) is 11.1. The van der Waals surface area contributed by atoms with Crippen molar-refractivity contribution in [2.75, 3.05) is 19.7 Å². The second-order valence-electron chi connectivity index (χ2n) is 5.39. The third kappa shape index (κ3) is 3.16. The first kappa shape index (κ1) is 14.7. The van der Waals surface area contributed by atoms with Crippen molar-refractivity contribution < 1.29 is 9.53 Å². The predicted molar refractivity (Wildman–Crippen MR) is 77.9 cm³/mol. The van der Waals surface area contributed by atoms with E-state index in [0.717, 1.165) is 17.8 Å². The van der Waals surface area contributed by atoms with Gasteiger partial charge in [-0.1, -0.05) is 6.92 Å². The fourth-order valence-electron chi connectivity index (χ4n) is 2.49. The van der Waals surface area contributed by atoms with E-state index in [0.29, 0.717) is 31.9 Å². The zero-order valence-electron chi connectivity index (χ0n) is 12.8. The summed E-state index contributed by atoms with van der Waals surface area (Å²) in [5.41, 5.74) is 0.918. The Balaban J connectivity index is 1.63. The number of amides is 1. The highest BCUT2D eigenvalue weighted by atomic mass is 16.5. The highest BCUT2D eigenvalue weighted by Crippen LogP contribution is 2.19. The number of aromatic nitrogens is 5. The summed E-state index contributed by atoms with van der Waals surface area (Å²) in [4.78, 5) is 18.6. The molecule has 3 rings (SSSR count). The molecule has 1 saturated heterocycles. The molecule has 0 radical (unpaired) electrons. The second-order valence-corrected chi connectivity index (χ2v) is 5.39. The minimum Gasteiger partial charge on any atom is -0.366 e. The molecule has 2 aromatic rings. The van der Waals surface area contributed by atoms with Gasteiger partial charge in [-0.2, -0.15) is 10.2 Å². The molecule has 1 amide bonds. The highest BCUT2D eigenvalue weighted by molar-refractivity contribution is 5.78. The molecule has 1 atom stereocenters. The van der Waals surface area contributed by atoms with Gasteiger partial charge in [-0.3, -0.25) is 14.6 Å². The molecule has 0 aromatic carbocycles. The molecule has 0 bridgehead atoms. The molecule has 8 nitrogen and oxygen atoms in total. The summed E-state index contributed by atoms with van der Waals surface area (Å²) in [6, 6.07) is 0. The zero-order chi connectivity index (χ0) is 15.5. The third-order valence-corrected chi connectivity index (χ3v) is 3.70. The number of aromatic amines is 1. The molecule has 0 unspecified atom stereocenters. The van der Waals surface area contributed by atoms with Crippen LogP contribution in [0.4, 0.5) is 0 Å². The minimum absolute atomic E-state index is 0.0764. The molecule has 8 heteroatoms. The van der Waals surface area contributed by atoms with Crippen molar-refractivity contribution in [2.45, 2.75) is 25.9 Å². The van der Waals surface area contributed by atoms with E-state index in [1.54, 1.807) is 10.9 Å². The lowest BCUT2D eigenvalue weighted by atomic mass is 10.2. The number of H-pyrrole nitrogens is 1. The molecule has 2 aromatic heterocycles. The van der Waals surface area contributed by atoms with Gasteiger partial charge in [0.15, 0.2) is 5.82 Å². The van der Waals surface area contributed by atoms with E-state index < -0.39 is 0 Å². The average molecular weight is 304 g/mol. The van der Waals surface area contributed by atoms with Crippen LogP contribution in [-0.4, -0.2) is 55.5 Å². The van der Waals surface area contributed by atoms with Gasteiger partial charge in [0.2, 0.25) is 5.91 Å². The lowest BCUT2D eigenvalue weighted by Crippen LogP contribution is -2.43. The lowest BCUT2D eigenvalue weighted by molar-refractivity contribution is -0.138. The Labute approximate surface area is 128 Å². The molecule has 22 heavy (non-hydrogen) atoms. The fraction of sp³-hybridized carbons (Fsp3) is 0.571. The maximum absolute atomic E-state index is 12.4. The van der Waals surface area contributed by atoms with Crippen LogP contribution in [0.3, 0.4) is 0 Å². The smallest absolute Gasteiger partial charge is 0.227 e. The fourth-order valence-corrected chi connectivity index (χ4v) is 2.49. The summed E-state index contributed by atoms with van der Waals surface area (Å²) in [7, 11) is 1.84. The maximum Gasteiger partial charge on any atom is 0.227 e. The average Bonchev–Trinajstić information content (AvgIpc) is 3.16. The van der Waals surface area contributed by atoms with Crippen molar-refractivity contribution in [1.29, 1.82) is 0 Å². The monoisotopic (exact) mass is 304 g/mol. The molecule has 0 saturated carbocycles. The zero-order valence-corrected chi connectivity index (χ0v) is 12.8. The van der Waals surface area contributed by atoms with Crippen molar-refractivity contribution in [3.8, 4) is 0 Å². The number of hydrogen-bond acceptors (Lipinski definition) is 5. The van der Waals surface area contributed by atoms with Gasteiger partial charge >= 0.3 is 0 Å². The first-order valence-corrected chi connectivity index (χ1v) is 7.43. The van der Waals surface area contributed by atoms with Gasteiger partial charge in [-0.25, -0.2) is 4.98 Å².